The first-order valence-corrected chi connectivity index (χ1v) is 11.4. The lowest BCUT2D eigenvalue weighted by atomic mass is 10.1. The Morgan fingerprint density at radius 2 is 1.41 bits per heavy atom. The standard InChI is InChI=1S/C22H27NO8S/c1-6-30-19-9-8-15(13-20(19)31-7-2)14(3)23-32(26,27)18-11-16(21(24)28-4)10-17(12-18)22(25)29-5/h8-14,23H,6-7H2,1-5H3/t14-/m0/s1. The smallest absolute Gasteiger partial charge is 0.337 e. The lowest BCUT2D eigenvalue weighted by molar-refractivity contribution is 0.0598. The van der Waals surface area contributed by atoms with E-state index >= 15 is 0 Å². The minimum absolute atomic E-state index is 0.0943. The first-order chi connectivity index (χ1) is 15.2. The van der Waals surface area contributed by atoms with E-state index in [1.807, 2.05) is 13.8 Å². The molecule has 1 N–H and O–H groups in total. The number of methoxy groups -OCH3 is 2. The zero-order valence-corrected chi connectivity index (χ0v) is 19.4. The van der Waals surface area contributed by atoms with Gasteiger partial charge in [-0.15, -0.1) is 0 Å². The quantitative estimate of drug-likeness (QED) is 0.532. The highest BCUT2D eigenvalue weighted by Crippen LogP contribution is 2.31. The summed E-state index contributed by atoms with van der Waals surface area (Å²) in [6, 6.07) is 7.97. The van der Waals surface area contributed by atoms with Crippen molar-refractivity contribution in [1.29, 1.82) is 0 Å². The van der Waals surface area contributed by atoms with Crippen LogP contribution in [0.25, 0.3) is 0 Å². The molecule has 0 amide bonds. The second-order valence-corrected chi connectivity index (χ2v) is 8.36. The minimum atomic E-state index is -4.12. The largest absolute Gasteiger partial charge is 0.490 e. The average molecular weight is 466 g/mol. The lowest BCUT2D eigenvalue weighted by Crippen LogP contribution is -2.27. The Bertz CT molecular complexity index is 1050. The van der Waals surface area contributed by atoms with Gasteiger partial charge in [0.15, 0.2) is 11.5 Å². The van der Waals surface area contributed by atoms with Gasteiger partial charge in [-0.2, -0.15) is 0 Å². The first kappa shape index (κ1) is 25.2. The molecule has 10 heteroatoms. The molecule has 0 unspecified atom stereocenters. The summed E-state index contributed by atoms with van der Waals surface area (Å²) in [6.07, 6.45) is 0. The molecule has 0 radical (unpaired) electrons. The maximum atomic E-state index is 13.1. The predicted octanol–water partition coefficient (Wildman–Crippen LogP) is 3.10. The van der Waals surface area contributed by atoms with Crippen LogP contribution in [0.4, 0.5) is 0 Å². The maximum Gasteiger partial charge on any atom is 0.337 e. The summed E-state index contributed by atoms with van der Waals surface area (Å²) in [5, 5.41) is 0. The van der Waals surface area contributed by atoms with E-state index < -0.39 is 28.0 Å². The van der Waals surface area contributed by atoms with E-state index in [-0.39, 0.29) is 16.0 Å². The molecule has 32 heavy (non-hydrogen) atoms. The fourth-order valence-corrected chi connectivity index (χ4v) is 4.23. The molecular weight excluding hydrogens is 438 g/mol. The molecule has 0 heterocycles. The van der Waals surface area contributed by atoms with E-state index in [0.29, 0.717) is 30.3 Å². The van der Waals surface area contributed by atoms with Gasteiger partial charge in [0.25, 0.3) is 0 Å². The van der Waals surface area contributed by atoms with E-state index in [4.69, 9.17) is 9.47 Å². The molecule has 2 rings (SSSR count). The Kier molecular flexibility index (Phi) is 8.62. The van der Waals surface area contributed by atoms with Crippen LogP contribution in [0, 0.1) is 0 Å². The third-order valence-electron chi connectivity index (χ3n) is 4.46. The Morgan fingerprint density at radius 3 is 1.91 bits per heavy atom. The van der Waals surface area contributed by atoms with Gasteiger partial charge in [0, 0.05) is 6.04 Å². The number of benzene rings is 2. The molecule has 2 aromatic carbocycles. The third kappa shape index (κ3) is 5.98. The van der Waals surface area contributed by atoms with Crippen molar-refractivity contribution in [3.63, 3.8) is 0 Å². The number of hydrogen-bond donors (Lipinski definition) is 1. The van der Waals surface area contributed by atoms with Crippen LogP contribution in [-0.2, 0) is 19.5 Å². The van der Waals surface area contributed by atoms with Gasteiger partial charge >= 0.3 is 11.9 Å². The first-order valence-electron chi connectivity index (χ1n) is 9.90. The zero-order chi connectivity index (χ0) is 23.9. The van der Waals surface area contributed by atoms with Gasteiger partial charge in [0.2, 0.25) is 10.0 Å². The Hall–Kier alpha value is -3.11. The summed E-state index contributed by atoms with van der Waals surface area (Å²) < 4.78 is 49.1. The van der Waals surface area contributed by atoms with E-state index in [2.05, 4.69) is 14.2 Å². The molecule has 0 saturated carbocycles. The fraction of sp³-hybridized carbons (Fsp3) is 0.364. The van der Waals surface area contributed by atoms with Crippen molar-refractivity contribution < 1.29 is 37.0 Å². The van der Waals surface area contributed by atoms with Crippen molar-refractivity contribution >= 4 is 22.0 Å². The van der Waals surface area contributed by atoms with E-state index in [1.165, 1.54) is 6.07 Å². The second-order valence-electron chi connectivity index (χ2n) is 6.64. The van der Waals surface area contributed by atoms with E-state index in [0.717, 1.165) is 26.4 Å². The lowest BCUT2D eigenvalue weighted by Gasteiger charge is -2.18. The number of carbonyl (C=O) groups excluding carboxylic acids is 2. The van der Waals surface area contributed by atoms with Gasteiger partial charge < -0.3 is 18.9 Å². The maximum absolute atomic E-state index is 13.1. The number of carbonyl (C=O) groups is 2. The van der Waals surface area contributed by atoms with Crippen molar-refractivity contribution in [3.05, 3.63) is 53.1 Å². The van der Waals surface area contributed by atoms with Crippen molar-refractivity contribution in [2.75, 3.05) is 27.4 Å². The van der Waals surface area contributed by atoms with Crippen LogP contribution in [0.15, 0.2) is 41.3 Å². The summed E-state index contributed by atoms with van der Waals surface area (Å²) >= 11 is 0. The predicted molar refractivity (Wildman–Crippen MR) is 117 cm³/mol. The summed E-state index contributed by atoms with van der Waals surface area (Å²) in [4.78, 5) is 23.7. The summed E-state index contributed by atoms with van der Waals surface area (Å²) in [7, 11) is -1.81. The van der Waals surface area contributed by atoms with Crippen LogP contribution in [0.1, 0.15) is 53.1 Å². The average Bonchev–Trinajstić information content (AvgIpc) is 2.78. The van der Waals surface area contributed by atoms with Gasteiger partial charge in [0.05, 0.1) is 43.5 Å². The van der Waals surface area contributed by atoms with Crippen molar-refractivity contribution in [3.8, 4) is 11.5 Å². The van der Waals surface area contributed by atoms with Crippen LogP contribution in [0.2, 0.25) is 0 Å². The third-order valence-corrected chi connectivity index (χ3v) is 5.98. The Labute approximate surface area is 187 Å². The number of esters is 2. The van der Waals surface area contributed by atoms with Crippen LogP contribution in [0.5, 0.6) is 11.5 Å². The van der Waals surface area contributed by atoms with Gasteiger partial charge in [-0.25, -0.2) is 22.7 Å². The molecule has 2 aromatic rings. The highest BCUT2D eigenvalue weighted by molar-refractivity contribution is 7.89. The molecular formula is C22H27NO8S. The second kappa shape index (κ2) is 11.0. The molecule has 174 valence electrons. The zero-order valence-electron chi connectivity index (χ0n) is 18.6. The molecule has 0 spiro atoms. The molecule has 0 aliphatic carbocycles. The van der Waals surface area contributed by atoms with Crippen LogP contribution >= 0.6 is 0 Å². The fourth-order valence-electron chi connectivity index (χ4n) is 2.93. The molecule has 0 aliphatic rings. The molecule has 0 aromatic heterocycles. The van der Waals surface area contributed by atoms with E-state index in [9.17, 15) is 18.0 Å². The summed E-state index contributed by atoms with van der Waals surface area (Å²) in [6.45, 7) is 6.22. The van der Waals surface area contributed by atoms with Crippen molar-refractivity contribution in [2.24, 2.45) is 0 Å². The molecule has 0 aliphatic heterocycles. The number of rotatable bonds is 10. The minimum Gasteiger partial charge on any atom is -0.490 e. The molecule has 9 nitrogen and oxygen atoms in total. The number of nitrogens with one attached hydrogen (secondary N) is 1. The van der Waals surface area contributed by atoms with Crippen LogP contribution in [0.3, 0.4) is 0 Å². The molecule has 0 saturated heterocycles. The SMILES string of the molecule is CCOc1ccc([C@H](C)NS(=O)(=O)c2cc(C(=O)OC)cc(C(=O)OC)c2)cc1OCC. The van der Waals surface area contributed by atoms with Gasteiger partial charge in [-0.05, 0) is 56.7 Å². The Morgan fingerprint density at radius 1 is 0.875 bits per heavy atom. The van der Waals surface area contributed by atoms with Crippen LogP contribution in [-0.4, -0.2) is 47.8 Å². The summed E-state index contributed by atoms with van der Waals surface area (Å²) in [5.41, 5.74) is 0.448. The van der Waals surface area contributed by atoms with Crippen LogP contribution < -0.4 is 14.2 Å². The number of ether oxygens (including phenoxy) is 4. The molecule has 0 bridgehead atoms. The normalized spacial score (nSPS) is 12.0. The monoisotopic (exact) mass is 465 g/mol. The molecule has 1 atom stereocenters. The number of hydrogen-bond acceptors (Lipinski definition) is 8. The Balaban J connectivity index is 2.41. The van der Waals surface area contributed by atoms with Gasteiger partial charge in [-0.1, -0.05) is 6.07 Å². The van der Waals surface area contributed by atoms with Gasteiger partial charge in [-0.3, -0.25) is 0 Å². The van der Waals surface area contributed by atoms with Crippen molar-refractivity contribution in [2.45, 2.75) is 31.7 Å². The van der Waals surface area contributed by atoms with Crippen molar-refractivity contribution in [1.82, 2.24) is 4.72 Å². The highest BCUT2D eigenvalue weighted by Gasteiger charge is 2.24. The van der Waals surface area contributed by atoms with Gasteiger partial charge in [0.1, 0.15) is 0 Å². The number of sulfonamides is 1. The highest BCUT2D eigenvalue weighted by atomic mass is 32.2. The topological polar surface area (TPSA) is 117 Å². The van der Waals surface area contributed by atoms with E-state index in [1.54, 1.807) is 25.1 Å². The summed E-state index contributed by atoms with van der Waals surface area (Å²) in [5.74, 6) is -0.513. The molecule has 0 fully saturated rings.